The molecule has 0 aliphatic carbocycles. The lowest BCUT2D eigenvalue weighted by atomic mass is 9.88. The van der Waals surface area contributed by atoms with E-state index in [1.54, 1.807) is 20.8 Å². The number of hydrogen-bond acceptors (Lipinski definition) is 36. The lowest BCUT2D eigenvalue weighted by Crippen LogP contribution is -2.62. The molecule has 726 valence electrons. The number of nitrogens with zero attached hydrogens (tertiary/aromatic N) is 2. The van der Waals surface area contributed by atoms with Crippen molar-refractivity contribution in [3.05, 3.63) is 11.4 Å². The predicted molar refractivity (Wildman–Crippen MR) is 445 cm³/mol. The van der Waals surface area contributed by atoms with E-state index in [9.17, 15) is 67.1 Å². The molecule has 3 rings (SSSR count). The van der Waals surface area contributed by atoms with Crippen molar-refractivity contribution in [1.82, 2.24) is 47.2 Å². The van der Waals surface area contributed by atoms with Crippen LogP contribution in [0.5, 0.6) is 0 Å². The van der Waals surface area contributed by atoms with Crippen molar-refractivity contribution in [3.8, 4) is 0 Å². The molecule has 8 amide bonds. The van der Waals surface area contributed by atoms with Gasteiger partial charge in [-0.2, -0.15) is 0 Å². The van der Waals surface area contributed by atoms with Crippen LogP contribution < -0.4 is 42.5 Å². The fourth-order valence-electron chi connectivity index (χ4n) is 13.3. The maximum Gasteiger partial charge on any atom is 0.303 e. The Kier molecular flexibility index (Phi) is 57.5. The second-order valence-corrected chi connectivity index (χ2v) is 31.7. The van der Waals surface area contributed by atoms with Crippen LogP contribution in [0.2, 0.25) is 0 Å². The summed E-state index contributed by atoms with van der Waals surface area (Å²) in [5.74, 6) is -10.2. The van der Waals surface area contributed by atoms with E-state index in [4.69, 9.17) is 106 Å². The van der Waals surface area contributed by atoms with E-state index >= 15 is 0 Å². The van der Waals surface area contributed by atoms with Gasteiger partial charge in [-0.25, -0.2) is 11.2 Å². The Labute approximate surface area is 743 Å². The van der Waals surface area contributed by atoms with E-state index in [0.29, 0.717) is 19.8 Å². The maximum atomic E-state index is 14.1. The van der Waals surface area contributed by atoms with Gasteiger partial charge < -0.3 is 146 Å². The van der Waals surface area contributed by atoms with Crippen molar-refractivity contribution >= 4 is 91.6 Å². The Hall–Kier alpha value is -8.14. The smallest absolute Gasteiger partial charge is 0.303 e. The Morgan fingerprint density at radius 2 is 0.669 bits per heavy atom. The maximum absolute atomic E-state index is 14.1. The van der Waals surface area contributed by atoms with Gasteiger partial charge >= 0.3 is 35.8 Å². The third-order valence-electron chi connectivity index (χ3n) is 19.0. The summed E-state index contributed by atoms with van der Waals surface area (Å²) in [6, 6.07) is -4.88. The van der Waals surface area contributed by atoms with Gasteiger partial charge in [0.05, 0.1) is 137 Å². The zero-order valence-corrected chi connectivity index (χ0v) is 76.9. The van der Waals surface area contributed by atoms with Gasteiger partial charge in [-0.1, -0.05) is 20.8 Å². The first kappa shape index (κ1) is 113. The van der Waals surface area contributed by atoms with Gasteiger partial charge in [-0.15, -0.1) is 0 Å². The molecule has 3 aliphatic heterocycles. The van der Waals surface area contributed by atoms with Gasteiger partial charge in [-0.05, 0) is 40.5 Å². The summed E-state index contributed by atoms with van der Waals surface area (Å²) >= 11 is 0. The molecule has 3 heterocycles. The van der Waals surface area contributed by atoms with Crippen LogP contribution in [-0.2, 0) is 166 Å². The molecule has 8 N–H and O–H groups in total. The quantitative estimate of drug-likeness (QED) is 0.0128. The molecular weight excluding hydrogens is 1700 g/mol. The van der Waals surface area contributed by atoms with Crippen LogP contribution >= 0.6 is 8.53 Å². The number of nitrogens with one attached hydrogen (secondary N) is 8. The molecule has 0 bridgehead atoms. The average molecular weight is 1840 g/mol. The first-order valence-corrected chi connectivity index (χ1v) is 43.7. The summed E-state index contributed by atoms with van der Waals surface area (Å²) in [6.07, 6.45) is -10.6. The summed E-state index contributed by atoms with van der Waals surface area (Å²) < 4.78 is 122. The number of carbonyl (C=O) groups excluding carboxylic acids is 14. The molecule has 16 unspecified atom stereocenters. The fourth-order valence-corrected chi connectivity index (χ4v) is 14.9. The third kappa shape index (κ3) is 47.8. The molecular formula is C81H137N10O35P. The zero-order valence-electron chi connectivity index (χ0n) is 76.0. The van der Waals surface area contributed by atoms with Crippen LogP contribution in [0.3, 0.4) is 0 Å². The van der Waals surface area contributed by atoms with Crippen LogP contribution in [0.1, 0.15) is 143 Å². The lowest BCUT2D eigenvalue weighted by Gasteiger charge is -2.44. The minimum Gasteiger partial charge on any atom is -0.463 e. The highest BCUT2D eigenvalue weighted by Crippen LogP contribution is 2.46. The lowest BCUT2D eigenvalue weighted by molar-refractivity contribution is -0.264. The van der Waals surface area contributed by atoms with Crippen LogP contribution in [0, 0.1) is 24.3 Å². The van der Waals surface area contributed by atoms with Gasteiger partial charge in [0.2, 0.25) is 53.8 Å². The Morgan fingerprint density at radius 1 is 0.370 bits per heavy atom. The summed E-state index contributed by atoms with van der Waals surface area (Å²) in [5.41, 5.74) is 0. The van der Waals surface area contributed by atoms with Crippen molar-refractivity contribution < 1.29 is 166 Å². The number of rotatable bonds is 65. The van der Waals surface area contributed by atoms with Crippen molar-refractivity contribution in [3.63, 3.8) is 0 Å². The number of ether oxygens (including phenoxy) is 19. The van der Waals surface area contributed by atoms with E-state index < -0.39 is 201 Å². The molecule has 0 aromatic rings. The Balaban J connectivity index is 1.73. The minimum atomic E-state index is -1.39. The minimum absolute atomic E-state index is 0.0293. The largest absolute Gasteiger partial charge is 0.463 e. The van der Waals surface area contributed by atoms with Crippen molar-refractivity contribution in [2.75, 3.05) is 172 Å². The molecule has 0 spiro atoms. The highest BCUT2D eigenvalue weighted by molar-refractivity contribution is 7.44. The SMILES string of the molecule is [C-]#[N+]CCOP(OCCOCCOCCOCCOCCC(=O)N[C@@H](CCC(=O)N[C@@H](CCC(=O)NCCOCCOC1OC(COC(C)=O)C(OC(C)=O)C(C)C1NC(C)=O)C(=O)NCCOCCOC1OC(COC(C)=O)C(OC(C)=O)C(C)C1NC(C)=O)C(=O)NCCOCCOC1OC(COC(C)=O)C(OC(C)=O)C(C)C1NC(C)=O)N(C(C)C)C(C)C. The fraction of sp³-hybridized carbons (Fsp3) is 0.815. The topological polar surface area (TPSA) is 537 Å². The number of amides is 8. The van der Waals surface area contributed by atoms with Crippen LogP contribution in [0.25, 0.3) is 4.85 Å². The highest BCUT2D eigenvalue weighted by atomic mass is 31.2. The molecule has 0 aromatic heterocycles. The van der Waals surface area contributed by atoms with E-state index in [1.807, 2.05) is 0 Å². The van der Waals surface area contributed by atoms with E-state index in [1.165, 1.54) is 62.3 Å². The molecule has 45 nitrogen and oxygen atoms in total. The van der Waals surface area contributed by atoms with Gasteiger partial charge in [0.1, 0.15) is 75.1 Å². The summed E-state index contributed by atoms with van der Waals surface area (Å²) in [6.45, 7) is 31.9. The molecule has 127 heavy (non-hydrogen) atoms. The van der Waals surface area contributed by atoms with E-state index in [2.05, 4.69) is 79.7 Å². The van der Waals surface area contributed by atoms with Gasteiger partial charge in [0.15, 0.2) is 18.9 Å². The number of hydrogen-bond donors (Lipinski definition) is 8. The van der Waals surface area contributed by atoms with Crippen LogP contribution in [-0.4, -0.2) is 357 Å². The van der Waals surface area contributed by atoms with Crippen LogP contribution in [0.15, 0.2) is 0 Å². The summed E-state index contributed by atoms with van der Waals surface area (Å²) in [4.78, 5) is 181. The Bertz CT molecular complexity index is 3370. The van der Waals surface area contributed by atoms with Gasteiger partial charge in [0.25, 0.3) is 8.53 Å². The first-order chi connectivity index (χ1) is 60.4. The molecule has 18 atom stereocenters. The third-order valence-corrected chi connectivity index (χ3v) is 21.1. The molecule has 46 heteroatoms. The predicted octanol–water partition coefficient (Wildman–Crippen LogP) is -0.199. The standard InChI is InChI=1S/C81H137N10O35P/c1-49(2)91(50(3)4)127(119-31-23-82-17)120-45-41-112-37-36-111-35-34-110-33-32-106-27-22-70(103)90-64(78(105)85-26-30-109-40-44-115-81-73(88-56(10)94)53(7)76(123-62(16)100)67(126-81)48-118-59(13)97)19-21-69(102)89-63(77(104)84-25-29-108-39-43-114-80-72(87-55(9)93)52(6)75(122-61(15)99)66(125-80)47-117-58(12)96)18-20-68(101)83-24-28-107-38-42-113-79-71(86-54(8)92)51(5)74(121-60(14)98)65(124-79)46-116-57(11)95/h49-53,63-67,71-76,79-81H,18-48H2,1-16H3,(H,83,101)(H,84,104)(H,85,105)(H,86,92)(H,87,93)(H,88,94)(H,89,102)(H,90,103)/t51?,52?,53?,63-,64-,65?,66?,67?,71?,72?,73?,74?,75?,76?,79?,80?,81?,127?/m0/s1. The summed E-state index contributed by atoms with van der Waals surface area (Å²) in [7, 11) is -1.39. The zero-order chi connectivity index (χ0) is 94.3. The van der Waals surface area contributed by atoms with Gasteiger partial charge in [0, 0.05) is 131 Å². The van der Waals surface area contributed by atoms with Crippen molar-refractivity contribution in [1.29, 1.82) is 0 Å². The Morgan fingerprint density at radius 3 is 0.992 bits per heavy atom. The molecule has 0 aromatic carbocycles. The summed E-state index contributed by atoms with van der Waals surface area (Å²) in [5, 5.41) is 21.7. The number of esters is 6. The molecule has 3 fully saturated rings. The normalized spacial score (nSPS) is 22.8. The first-order valence-electron chi connectivity index (χ1n) is 42.6. The number of carbonyl (C=O) groups is 14. The monoisotopic (exact) mass is 1840 g/mol. The molecule has 3 aliphatic rings. The molecule has 0 radical (unpaired) electrons. The average Bonchev–Trinajstić information content (AvgIpc) is 0.804. The molecule has 0 saturated carbocycles. The second kappa shape index (κ2) is 64.6. The van der Waals surface area contributed by atoms with Crippen LogP contribution in [0.4, 0.5) is 0 Å². The highest BCUT2D eigenvalue weighted by Gasteiger charge is 2.50. The van der Waals surface area contributed by atoms with E-state index in [-0.39, 0.29) is 189 Å². The van der Waals surface area contributed by atoms with Crippen molar-refractivity contribution in [2.45, 2.75) is 241 Å². The van der Waals surface area contributed by atoms with E-state index in [0.717, 1.165) is 0 Å². The van der Waals surface area contributed by atoms with Crippen molar-refractivity contribution in [2.24, 2.45) is 17.8 Å². The molecule has 3 saturated heterocycles. The van der Waals surface area contributed by atoms with Gasteiger partial charge in [-0.3, -0.25) is 67.1 Å². The second-order valence-electron chi connectivity index (χ2n) is 30.3.